The molecule has 0 spiro atoms. The summed E-state index contributed by atoms with van der Waals surface area (Å²) in [5.41, 5.74) is 0.787. The van der Waals surface area contributed by atoms with Gasteiger partial charge in [0, 0.05) is 5.56 Å². The minimum absolute atomic E-state index is 0.240. The van der Waals surface area contributed by atoms with E-state index in [0.29, 0.717) is 17.1 Å². The highest BCUT2D eigenvalue weighted by Gasteiger charge is 2.22. The Balaban J connectivity index is 2.31. The summed E-state index contributed by atoms with van der Waals surface area (Å²) in [5, 5.41) is 0. The summed E-state index contributed by atoms with van der Waals surface area (Å²) in [6.07, 6.45) is -0.240. The molecule has 0 saturated heterocycles. The average Bonchev–Trinajstić information content (AvgIpc) is 2.60. The highest BCUT2D eigenvalue weighted by atomic mass is 16.5. The van der Waals surface area contributed by atoms with Crippen LogP contribution in [0.1, 0.15) is 27.1 Å². The van der Waals surface area contributed by atoms with Gasteiger partial charge in [-0.2, -0.15) is 0 Å². The average molecular weight is 314 g/mol. The zero-order valence-electron chi connectivity index (χ0n) is 13.3. The number of Topliss-reactive ketones (excluding diaryl/α,β-unsaturated/α-hetero) is 2. The van der Waals surface area contributed by atoms with E-state index in [-0.39, 0.29) is 29.3 Å². The van der Waals surface area contributed by atoms with Crippen molar-refractivity contribution in [2.75, 3.05) is 21.3 Å². The molecule has 0 aliphatic rings. The summed E-state index contributed by atoms with van der Waals surface area (Å²) in [4.78, 5) is 24.7. The zero-order chi connectivity index (χ0) is 16.8. The third kappa shape index (κ3) is 3.51. The number of rotatable bonds is 7. The van der Waals surface area contributed by atoms with Crippen LogP contribution in [0.25, 0.3) is 0 Å². The van der Waals surface area contributed by atoms with Crippen LogP contribution in [0, 0.1) is 0 Å². The van der Waals surface area contributed by atoms with Crippen LogP contribution in [0.15, 0.2) is 42.5 Å². The molecule has 0 radical (unpaired) electrons. The molecule has 0 atom stereocenters. The predicted octanol–water partition coefficient (Wildman–Crippen LogP) is 3.17. The van der Waals surface area contributed by atoms with Crippen molar-refractivity contribution in [1.29, 1.82) is 0 Å². The van der Waals surface area contributed by atoms with Gasteiger partial charge in [0.2, 0.25) is 5.75 Å². The molecule has 0 fully saturated rings. The number of benzene rings is 2. The van der Waals surface area contributed by atoms with Crippen molar-refractivity contribution in [2.45, 2.75) is 6.42 Å². The second-order valence-corrected chi connectivity index (χ2v) is 4.77. The maximum Gasteiger partial charge on any atom is 0.204 e. The quantitative estimate of drug-likeness (QED) is 0.580. The minimum Gasteiger partial charge on any atom is -0.493 e. The van der Waals surface area contributed by atoms with E-state index in [2.05, 4.69) is 0 Å². The summed E-state index contributed by atoms with van der Waals surface area (Å²) in [5.74, 6) is 0.463. The van der Waals surface area contributed by atoms with Gasteiger partial charge in [0.1, 0.15) is 0 Å². The molecule has 0 heterocycles. The highest BCUT2D eigenvalue weighted by molar-refractivity contribution is 6.14. The molecular formula is C18H18O5. The molecule has 2 aromatic carbocycles. The highest BCUT2D eigenvalue weighted by Crippen LogP contribution is 2.40. The molecule has 120 valence electrons. The van der Waals surface area contributed by atoms with E-state index in [9.17, 15) is 9.59 Å². The minimum atomic E-state index is -0.336. The van der Waals surface area contributed by atoms with Gasteiger partial charge in [0.25, 0.3) is 0 Å². The van der Waals surface area contributed by atoms with Crippen LogP contribution >= 0.6 is 0 Å². The van der Waals surface area contributed by atoms with Gasteiger partial charge in [0.05, 0.1) is 33.3 Å². The van der Waals surface area contributed by atoms with Gasteiger partial charge >= 0.3 is 0 Å². The van der Waals surface area contributed by atoms with Crippen molar-refractivity contribution in [2.24, 2.45) is 0 Å². The van der Waals surface area contributed by atoms with E-state index in [4.69, 9.17) is 14.2 Å². The molecule has 0 aromatic heterocycles. The Morgan fingerprint density at radius 2 is 1.43 bits per heavy atom. The lowest BCUT2D eigenvalue weighted by molar-refractivity contribution is 0.0892. The smallest absolute Gasteiger partial charge is 0.204 e. The number of ether oxygens (including phenoxy) is 3. The fraction of sp³-hybridized carbons (Fsp3) is 0.222. The van der Waals surface area contributed by atoms with E-state index < -0.39 is 0 Å². The van der Waals surface area contributed by atoms with Gasteiger partial charge in [-0.3, -0.25) is 9.59 Å². The van der Waals surface area contributed by atoms with Crippen molar-refractivity contribution < 1.29 is 23.8 Å². The molecule has 5 heteroatoms. The van der Waals surface area contributed by atoms with Crippen molar-refractivity contribution >= 4 is 11.6 Å². The Labute approximate surface area is 134 Å². The monoisotopic (exact) mass is 314 g/mol. The summed E-state index contributed by atoms with van der Waals surface area (Å²) in [6, 6.07) is 11.9. The molecule has 0 amide bonds. The molecule has 0 N–H and O–H groups in total. The van der Waals surface area contributed by atoms with Crippen LogP contribution in [-0.4, -0.2) is 32.9 Å². The lowest BCUT2D eigenvalue weighted by atomic mass is 10.0. The fourth-order valence-electron chi connectivity index (χ4n) is 2.29. The second-order valence-electron chi connectivity index (χ2n) is 4.77. The SMILES string of the molecule is COc1ccc(C(=O)CC(=O)c2ccccc2)c(OC)c1OC. The molecule has 0 aliphatic heterocycles. The van der Waals surface area contributed by atoms with Gasteiger partial charge in [-0.25, -0.2) is 0 Å². The van der Waals surface area contributed by atoms with E-state index >= 15 is 0 Å². The van der Waals surface area contributed by atoms with Gasteiger partial charge in [-0.1, -0.05) is 30.3 Å². The van der Waals surface area contributed by atoms with Gasteiger partial charge in [-0.05, 0) is 12.1 Å². The second kappa shape index (κ2) is 7.45. The normalized spacial score (nSPS) is 10.0. The molecule has 2 rings (SSSR count). The summed E-state index contributed by atoms with van der Waals surface area (Å²) in [6.45, 7) is 0. The summed E-state index contributed by atoms with van der Waals surface area (Å²) < 4.78 is 15.7. The molecule has 23 heavy (non-hydrogen) atoms. The largest absolute Gasteiger partial charge is 0.493 e. The first kappa shape index (κ1) is 16.5. The fourth-order valence-corrected chi connectivity index (χ4v) is 2.29. The molecule has 5 nitrogen and oxygen atoms in total. The van der Waals surface area contributed by atoms with E-state index in [1.807, 2.05) is 6.07 Å². The number of hydrogen-bond donors (Lipinski definition) is 0. The van der Waals surface area contributed by atoms with E-state index in [1.165, 1.54) is 21.3 Å². The third-order valence-electron chi connectivity index (χ3n) is 3.42. The summed E-state index contributed by atoms with van der Waals surface area (Å²) in [7, 11) is 4.40. The van der Waals surface area contributed by atoms with E-state index in [0.717, 1.165) is 0 Å². The first-order valence-corrected chi connectivity index (χ1v) is 7.02. The van der Waals surface area contributed by atoms with Crippen molar-refractivity contribution in [3.05, 3.63) is 53.6 Å². The molecule has 0 bridgehead atoms. The Bertz CT molecular complexity index is 707. The Morgan fingerprint density at radius 1 is 0.783 bits per heavy atom. The lowest BCUT2D eigenvalue weighted by Gasteiger charge is -2.15. The number of ketones is 2. The molecule has 0 aliphatic carbocycles. The van der Waals surface area contributed by atoms with Crippen LogP contribution in [0.2, 0.25) is 0 Å². The number of methoxy groups -OCH3 is 3. The van der Waals surface area contributed by atoms with Crippen LogP contribution in [-0.2, 0) is 0 Å². The van der Waals surface area contributed by atoms with E-state index in [1.54, 1.807) is 36.4 Å². The Morgan fingerprint density at radius 3 is 2.00 bits per heavy atom. The summed E-state index contributed by atoms with van der Waals surface area (Å²) >= 11 is 0. The van der Waals surface area contributed by atoms with Gasteiger partial charge in [0.15, 0.2) is 23.1 Å². The van der Waals surface area contributed by atoms with Crippen LogP contribution in [0.5, 0.6) is 17.2 Å². The molecule has 0 saturated carbocycles. The number of hydrogen-bond acceptors (Lipinski definition) is 5. The third-order valence-corrected chi connectivity index (χ3v) is 3.42. The van der Waals surface area contributed by atoms with Crippen molar-refractivity contribution in [3.63, 3.8) is 0 Å². The van der Waals surface area contributed by atoms with Crippen molar-refractivity contribution in [3.8, 4) is 17.2 Å². The number of carbonyl (C=O) groups excluding carboxylic acids is 2. The maximum atomic E-state index is 12.5. The van der Waals surface area contributed by atoms with Gasteiger partial charge < -0.3 is 14.2 Å². The topological polar surface area (TPSA) is 61.8 Å². The molecular weight excluding hydrogens is 296 g/mol. The molecule has 2 aromatic rings. The Hall–Kier alpha value is -2.82. The van der Waals surface area contributed by atoms with Crippen LogP contribution in [0.3, 0.4) is 0 Å². The lowest BCUT2D eigenvalue weighted by Crippen LogP contribution is -2.10. The predicted molar refractivity (Wildman–Crippen MR) is 85.8 cm³/mol. The van der Waals surface area contributed by atoms with Crippen LogP contribution < -0.4 is 14.2 Å². The first-order valence-electron chi connectivity index (χ1n) is 7.02. The Kier molecular flexibility index (Phi) is 5.36. The first-order chi connectivity index (χ1) is 11.1. The number of carbonyl (C=O) groups is 2. The maximum absolute atomic E-state index is 12.5. The van der Waals surface area contributed by atoms with Crippen LogP contribution in [0.4, 0.5) is 0 Å². The van der Waals surface area contributed by atoms with Gasteiger partial charge in [-0.15, -0.1) is 0 Å². The van der Waals surface area contributed by atoms with Crippen molar-refractivity contribution in [1.82, 2.24) is 0 Å². The molecule has 0 unspecified atom stereocenters. The standard InChI is InChI=1S/C18H18O5/c1-21-16-10-9-13(17(22-2)18(16)23-3)15(20)11-14(19)12-7-5-4-6-8-12/h4-10H,11H2,1-3H3. The zero-order valence-corrected chi connectivity index (χ0v) is 13.3.